The van der Waals surface area contributed by atoms with Gasteiger partial charge in [-0.25, -0.2) is 8.42 Å². The molecule has 1 saturated carbocycles. The van der Waals surface area contributed by atoms with E-state index in [0.29, 0.717) is 24.8 Å². The molecule has 144 valence electrons. The molecule has 1 aliphatic heterocycles. The molecule has 3 rings (SSSR count). The van der Waals surface area contributed by atoms with Crippen molar-refractivity contribution in [1.29, 1.82) is 0 Å². The highest BCUT2D eigenvalue weighted by Crippen LogP contribution is 2.31. The predicted octanol–water partition coefficient (Wildman–Crippen LogP) is 3.10. The van der Waals surface area contributed by atoms with Crippen LogP contribution in [0.25, 0.3) is 0 Å². The number of benzene rings is 1. The zero-order chi connectivity index (χ0) is 18.6. The fraction of sp³-hybridized carbons (Fsp3) is 0.650. The summed E-state index contributed by atoms with van der Waals surface area (Å²) in [5, 5.41) is 2.81. The van der Waals surface area contributed by atoms with Crippen LogP contribution in [-0.2, 0) is 21.2 Å². The van der Waals surface area contributed by atoms with E-state index in [9.17, 15) is 13.2 Å². The Morgan fingerprint density at radius 2 is 1.96 bits per heavy atom. The minimum Gasteiger partial charge on any atom is -0.355 e. The van der Waals surface area contributed by atoms with Crippen molar-refractivity contribution in [2.45, 2.75) is 51.9 Å². The fourth-order valence-electron chi connectivity index (χ4n) is 4.26. The van der Waals surface area contributed by atoms with Crippen molar-refractivity contribution in [3.05, 3.63) is 29.8 Å². The molecular formula is C20H30N2O3S. The first-order valence-corrected chi connectivity index (χ1v) is 11.4. The van der Waals surface area contributed by atoms with Gasteiger partial charge in [0.15, 0.2) is 0 Å². The third-order valence-corrected chi connectivity index (χ3v) is 7.60. The minimum atomic E-state index is -3.40. The van der Waals surface area contributed by atoms with E-state index in [-0.39, 0.29) is 18.2 Å². The van der Waals surface area contributed by atoms with Gasteiger partial charge in [-0.1, -0.05) is 57.2 Å². The van der Waals surface area contributed by atoms with Gasteiger partial charge in [-0.15, -0.1) is 0 Å². The molecule has 1 aromatic rings. The number of fused-ring (bicyclic) bond motifs is 1. The van der Waals surface area contributed by atoms with Crippen LogP contribution in [0.15, 0.2) is 24.3 Å². The first kappa shape index (κ1) is 19.2. The highest BCUT2D eigenvalue weighted by molar-refractivity contribution is 7.92. The van der Waals surface area contributed by atoms with Crippen LogP contribution in [-0.4, -0.2) is 33.2 Å². The summed E-state index contributed by atoms with van der Waals surface area (Å²) in [7, 11) is -3.40. The van der Waals surface area contributed by atoms with Gasteiger partial charge in [-0.2, -0.15) is 0 Å². The maximum atomic E-state index is 12.6. The molecule has 0 radical (unpaired) electrons. The van der Waals surface area contributed by atoms with Crippen molar-refractivity contribution in [3.8, 4) is 0 Å². The number of hydrogen-bond donors (Lipinski definition) is 1. The molecule has 26 heavy (non-hydrogen) atoms. The van der Waals surface area contributed by atoms with Crippen molar-refractivity contribution in [2.75, 3.05) is 23.1 Å². The summed E-state index contributed by atoms with van der Waals surface area (Å²) >= 11 is 0. The largest absolute Gasteiger partial charge is 0.355 e. The average molecular weight is 379 g/mol. The predicted molar refractivity (Wildman–Crippen MR) is 105 cm³/mol. The molecule has 0 bridgehead atoms. The molecule has 0 aromatic heterocycles. The Morgan fingerprint density at radius 3 is 2.73 bits per heavy atom. The van der Waals surface area contributed by atoms with Gasteiger partial charge in [0, 0.05) is 19.5 Å². The van der Waals surface area contributed by atoms with Gasteiger partial charge in [0.05, 0.1) is 11.4 Å². The van der Waals surface area contributed by atoms with Gasteiger partial charge in [0.2, 0.25) is 15.9 Å². The highest BCUT2D eigenvalue weighted by Gasteiger charge is 2.29. The van der Waals surface area contributed by atoms with Crippen LogP contribution in [0.2, 0.25) is 0 Å². The normalized spacial score (nSPS) is 19.2. The van der Waals surface area contributed by atoms with Gasteiger partial charge in [-0.05, 0) is 29.9 Å². The molecule has 1 fully saturated rings. The monoisotopic (exact) mass is 378 g/mol. The van der Waals surface area contributed by atoms with Crippen LogP contribution in [0.1, 0.15) is 51.0 Å². The lowest BCUT2D eigenvalue weighted by atomic mass is 9.79. The molecule has 1 N–H and O–H groups in total. The van der Waals surface area contributed by atoms with E-state index >= 15 is 0 Å². The average Bonchev–Trinajstić information content (AvgIpc) is 3.07. The van der Waals surface area contributed by atoms with E-state index in [1.807, 2.05) is 24.3 Å². The van der Waals surface area contributed by atoms with E-state index in [4.69, 9.17) is 0 Å². The Balaban J connectivity index is 1.46. The lowest BCUT2D eigenvalue weighted by Crippen LogP contribution is -2.37. The third-order valence-electron chi connectivity index (χ3n) is 5.82. The molecular weight excluding hydrogens is 348 g/mol. The van der Waals surface area contributed by atoms with Crippen LogP contribution in [0.4, 0.5) is 5.69 Å². The highest BCUT2D eigenvalue weighted by atomic mass is 32.2. The molecule has 6 heteroatoms. The summed E-state index contributed by atoms with van der Waals surface area (Å²) < 4.78 is 26.7. The van der Waals surface area contributed by atoms with E-state index in [1.165, 1.54) is 36.4 Å². The van der Waals surface area contributed by atoms with Crippen molar-refractivity contribution in [3.63, 3.8) is 0 Å². The molecule has 1 atom stereocenters. The molecule has 0 spiro atoms. The zero-order valence-electron chi connectivity index (χ0n) is 15.6. The van der Waals surface area contributed by atoms with E-state index in [1.54, 1.807) is 0 Å². The Morgan fingerprint density at radius 1 is 1.23 bits per heavy atom. The van der Waals surface area contributed by atoms with E-state index in [2.05, 4.69) is 12.2 Å². The molecule has 1 aromatic carbocycles. The second-order valence-electron chi connectivity index (χ2n) is 7.70. The Labute approximate surface area is 157 Å². The lowest BCUT2D eigenvalue weighted by molar-refractivity contribution is -0.122. The molecule has 2 aliphatic rings. The summed E-state index contributed by atoms with van der Waals surface area (Å²) in [4.78, 5) is 12.2. The number of hydrogen-bond acceptors (Lipinski definition) is 3. The van der Waals surface area contributed by atoms with E-state index < -0.39 is 10.0 Å². The van der Waals surface area contributed by atoms with Crippen LogP contribution in [0, 0.1) is 11.8 Å². The Kier molecular flexibility index (Phi) is 6.22. The van der Waals surface area contributed by atoms with Gasteiger partial charge in [0.25, 0.3) is 0 Å². The lowest BCUT2D eigenvalue weighted by Gasteiger charge is -2.27. The number of anilines is 1. The van der Waals surface area contributed by atoms with E-state index in [0.717, 1.165) is 17.7 Å². The standard InChI is InChI=1S/C20H30N2O3S/c1-16(17-7-3-2-4-8-17)15-20(23)21-12-14-26(24,25)22-13-11-18-9-5-6-10-19(18)22/h5-6,9-10,16-17H,2-4,7-8,11-15H2,1H3,(H,21,23). The van der Waals surface area contributed by atoms with Crippen molar-refractivity contribution < 1.29 is 13.2 Å². The number of nitrogens with zero attached hydrogens (tertiary/aromatic N) is 1. The Bertz CT molecular complexity index is 726. The summed E-state index contributed by atoms with van der Waals surface area (Å²) in [6.07, 6.45) is 7.54. The third kappa shape index (κ3) is 4.58. The second kappa shape index (κ2) is 8.42. The van der Waals surface area contributed by atoms with Crippen molar-refractivity contribution in [1.82, 2.24) is 5.32 Å². The molecule has 1 heterocycles. The number of carbonyl (C=O) groups is 1. The maximum absolute atomic E-state index is 12.6. The minimum absolute atomic E-state index is 0.0277. The van der Waals surface area contributed by atoms with Crippen LogP contribution < -0.4 is 9.62 Å². The summed E-state index contributed by atoms with van der Waals surface area (Å²) in [6.45, 7) is 2.82. The number of para-hydroxylation sites is 1. The smallest absolute Gasteiger partial charge is 0.236 e. The zero-order valence-corrected chi connectivity index (χ0v) is 16.4. The SMILES string of the molecule is CC(CC(=O)NCCS(=O)(=O)N1CCc2ccccc21)C1CCCCC1. The molecule has 1 unspecified atom stereocenters. The summed E-state index contributed by atoms with van der Waals surface area (Å²) in [6, 6.07) is 7.62. The van der Waals surface area contributed by atoms with Gasteiger partial charge in [0.1, 0.15) is 0 Å². The molecule has 1 aliphatic carbocycles. The Hall–Kier alpha value is -1.56. The molecule has 5 nitrogen and oxygen atoms in total. The van der Waals surface area contributed by atoms with Gasteiger partial charge in [-0.3, -0.25) is 9.10 Å². The number of sulfonamides is 1. The molecule has 1 amide bonds. The van der Waals surface area contributed by atoms with Crippen molar-refractivity contribution >= 4 is 21.6 Å². The van der Waals surface area contributed by atoms with Crippen LogP contribution in [0.3, 0.4) is 0 Å². The van der Waals surface area contributed by atoms with Crippen LogP contribution >= 0.6 is 0 Å². The number of rotatable bonds is 7. The summed E-state index contributed by atoms with van der Waals surface area (Å²) in [5.41, 5.74) is 1.85. The van der Waals surface area contributed by atoms with Crippen molar-refractivity contribution in [2.24, 2.45) is 11.8 Å². The first-order valence-electron chi connectivity index (χ1n) is 9.82. The van der Waals surface area contributed by atoms with Crippen LogP contribution in [0.5, 0.6) is 0 Å². The topological polar surface area (TPSA) is 66.5 Å². The maximum Gasteiger partial charge on any atom is 0.236 e. The first-order chi connectivity index (χ1) is 12.5. The number of amides is 1. The second-order valence-corrected chi connectivity index (χ2v) is 9.71. The number of carbonyl (C=O) groups excluding carboxylic acids is 1. The van der Waals surface area contributed by atoms with Gasteiger partial charge < -0.3 is 5.32 Å². The quantitative estimate of drug-likeness (QED) is 0.793. The van der Waals surface area contributed by atoms with Gasteiger partial charge >= 0.3 is 0 Å². The number of nitrogens with one attached hydrogen (secondary N) is 1. The summed E-state index contributed by atoms with van der Waals surface area (Å²) in [5.74, 6) is 0.932. The fourth-order valence-corrected chi connectivity index (χ4v) is 5.69. The molecule has 0 saturated heterocycles.